The number of benzene rings is 1. The van der Waals surface area contributed by atoms with Crippen LogP contribution in [0.1, 0.15) is 18.4 Å². The number of nitrogens with one attached hydrogen (secondary N) is 2. The second-order valence-corrected chi connectivity index (χ2v) is 7.14. The third-order valence-corrected chi connectivity index (χ3v) is 5.07. The van der Waals surface area contributed by atoms with E-state index in [0.29, 0.717) is 42.2 Å². The molecule has 1 aliphatic heterocycles. The Bertz CT molecular complexity index is 1100. The number of nitrogens with zero attached hydrogens (tertiary/aromatic N) is 3. The van der Waals surface area contributed by atoms with Gasteiger partial charge < -0.3 is 15.7 Å². The molecular weight excluding hydrogens is 399 g/mol. The molecule has 1 atom stereocenters. The maximum absolute atomic E-state index is 12.9. The number of carbonyl (C=O) groups excluding carboxylic acids is 1. The molecule has 1 aliphatic rings. The Morgan fingerprint density at radius 3 is 2.77 bits per heavy atom. The molecule has 1 amide bonds. The SMILES string of the molecule is O=C1CC(CNc2nnc(-c3ccc(C(F)(F)F)cc3O)c3ccncc23)CCN1. The lowest BCUT2D eigenvalue weighted by atomic mass is 9.97. The lowest BCUT2D eigenvalue weighted by Gasteiger charge is -2.22. The molecule has 1 aromatic carbocycles. The predicted octanol–water partition coefficient (Wildman–Crippen LogP) is 3.35. The molecule has 3 aromatic rings. The number of fused-ring (bicyclic) bond motifs is 1. The number of aromatic nitrogens is 3. The lowest BCUT2D eigenvalue weighted by Crippen LogP contribution is -2.36. The Labute approximate surface area is 169 Å². The van der Waals surface area contributed by atoms with Crippen molar-refractivity contribution in [1.29, 1.82) is 0 Å². The predicted molar refractivity (Wildman–Crippen MR) is 104 cm³/mol. The van der Waals surface area contributed by atoms with Crippen LogP contribution in [0, 0.1) is 5.92 Å². The monoisotopic (exact) mass is 417 g/mol. The summed E-state index contributed by atoms with van der Waals surface area (Å²) in [5.41, 5.74) is -0.555. The van der Waals surface area contributed by atoms with Crippen LogP contribution in [0.3, 0.4) is 0 Å². The quantitative estimate of drug-likeness (QED) is 0.602. The highest BCUT2D eigenvalue weighted by atomic mass is 19.4. The second kappa shape index (κ2) is 7.77. The molecule has 10 heteroatoms. The molecule has 3 N–H and O–H groups in total. The van der Waals surface area contributed by atoms with Crippen molar-refractivity contribution in [1.82, 2.24) is 20.5 Å². The maximum Gasteiger partial charge on any atom is 0.416 e. The van der Waals surface area contributed by atoms with Gasteiger partial charge in [-0.2, -0.15) is 13.2 Å². The molecule has 1 fully saturated rings. The zero-order valence-corrected chi connectivity index (χ0v) is 15.7. The van der Waals surface area contributed by atoms with Gasteiger partial charge in [0, 0.05) is 48.2 Å². The molecule has 1 saturated heterocycles. The highest BCUT2D eigenvalue weighted by molar-refractivity contribution is 6.00. The van der Waals surface area contributed by atoms with E-state index in [1.54, 1.807) is 12.3 Å². The molecule has 156 valence electrons. The Kier molecular flexibility index (Phi) is 5.15. The highest BCUT2D eigenvalue weighted by Gasteiger charge is 2.31. The van der Waals surface area contributed by atoms with Crippen molar-refractivity contribution in [3.05, 3.63) is 42.2 Å². The van der Waals surface area contributed by atoms with Gasteiger partial charge in [0.25, 0.3) is 0 Å². The molecule has 7 nitrogen and oxygen atoms in total. The van der Waals surface area contributed by atoms with Crippen molar-refractivity contribution < 1.29 is 23.1 Å². The number of phenolic OH excluding ortho intramolecular Hbond substituents is 1. The lowest BCUT2D eigenvalue weighted by molar-refractivity contribution is -0.137. The fourth-order valence-corrected chi connectivity index (χ4v) is 3.50. The number of carbonyl (C=O) groups is 1. The normalized spacial score (nSPS) is 17.0. The van der Waals surface area contributed by atoms with Gasteiger partial charge >= 0.3 is 6.18 Å². The van der Waals surface area contributed by atoms with Crippen molar-refractivity contribution in [2.75, 3.05) is 18.4 Å². The minimum atomic E-state index is -4.56. The number of pyridine rings is 1. The van der Waals surface area contributed by atoms with Crippen LogP contribution in [-0.4, -0.2) is 39.3 Å². The van der Waals surface area contributed by atoms with E-state index in [0.717, 1.165) is 12.5 Å². The fraction of sp³-hybridized carbons (Fsp3) is 0.300. The number of anilines is 1. The first-order chi connectivity index (χ1) is 14.3. The average Bonchev–Trinajstić information content (AvgIpc) is 2.71. The largest absolute Gasteiger partial charge is 0.507 e. The van der Waals surface area contributed by atoms with Crippen molar-refractivity contribution in [2.24, 2.45) is 5.92 Å². The van der Waals surface area contributed by atoms with E-state index in [9.17, 15) is 23.1 Å². The summed E-state index contributed by atoms with van der Waals surface area (Å²) in [6.07, 6.45) is -0.181. The molecule has 0 bridgehead atoms. The third kappa shape index (κ3) is 3.98. The summed E-state index contributed by atoms with van der Waals surface area (Å²) in [7, 11) is 0. The van der Waals surface area contributed by atoms with Gasteiger partial charge in [0.15, 0.2) is 5.82 Å². The number of halogens is 3. The molecule has 0 spiro atoms. The molecule has 30 heavy (non-hydrogen) atoms. The smallest absolute Gasteiger partial charge is 0.416 e. The number of aromatic hydroxyl groups is 1. The van der Waals surface area contributed by atoms with Crippen molar-refractivity contribution in [3.63, 3.8) is 0 Å². The van der Waals surface area contributed by atoms with Gasteiger partial charge in [0.05, 0.1) is 5.56 Å². The Hall–Kier alpha value is -3.43. The van der Waals surface area contributed by atoms with Gasteiger partial charge in [-0.05, 0) is 36.6 Å². The van der Waals surface area contributed by atoms with Crippen LogP contribution in [0.5, 0.6) is 5.75 Å². The van der Waals surface area contributed by atoms with Crippen LogP contribution in [0.25, 0.3) is 22.0 Å². The van der Waals surface area contributed by atoms with E-state index in [1.165, 1.54) is 12.3 Å². The van der Waals surface area contributed by atoms with E-state index >= 15 is 0 Å². The topological polar surface area (TPSA) is 100 Å². The van der Waals surface area contributed by atoms with Gasteiger partial charge in [-0.15, -0.1) is 10.2 Å². The standard InChI is InChI=1S/C20H18F3N5O2/c21-20(22,23)12-1-2-14(16(29)8-12)18-13-4-5-24-10-15(13)19(28-27-18)26-9-11-3-6-25-17(30)7-11/h1-2,4-5,8,10-11,29H,3,6-7,9H2,(H,25,30)(H,26,28). The number of rotatable bonds is 4. The van der Waals surface area contributed by atoms with Crippen LogP contribution < -0.4 is 10.6 Å². The zero-order chi connectivity index (χ0) is 21.3. The van der Waals surface area contributed by atoms with Crippen LogP contribution >= 0.6 is 0 Å². The first-order valence-electron chi connectivity index (χ1n) is 9.34. The third-order valence-electron chi connectivity index (χ3n) is 5.07. The number of phenols is 1. The van der Waals surface area contributed by atoms with Crippen molar-refractivity contribution in [2.45, 2.75) is 19.0 Å². The van der Waals surface area contributed by atoms with Gasteiger partial charge in [-0.1, -0.05) is 0 Å². The first kappa shape index (κ1) is 19.9. The van der Waals surface area contributed by atoms with Crippen LogP contribution in [0.4, 0.5) is 19.0 Å². The minimum Gasteiger partial charge on any atom is -0.507 e. The molecule has 0 radical (unpaired) electrons. The van der Waals surface area contributed by atoms with Gasteiger partial charge in [0.2, 0.25) is 5.91 Å². The van der Waals surface area contributed by atoms with E-state index < -0.39 is 17.5 Å². The molecular formula is C20H18F3N5O2. The fourth-order valence-electron chi connectivity index (χ4n) is 3.50. The Morgan fingerprint density at radius 2 is 2.03 bits per heavy atom. The molecule has 1 unspecified atom stereocenters. The molecule has 4 rings (SSSR count). The van der Waals surface area contributed by atoms with Crippen LogP contribution in [0.15, 0.2) is 36.7 Å². The van der Waals surface area contributed by atoms with Crippen LogP contribution in [0.2, 0.25) is 0 Å². The van der Waals surface area contributed by atoms with Gasteiger partial charge in [-0.3, -0.25) is 9.78 Å². The highest BCUT2D eigenvalue weighted by Crippen LogP contribution is 2.38. The summed E-state index contributed by atoms with van der Waals surface area (Å²) in [5.74, 6) is 0.0927. The minimum absolute atomic E-state index is 0.0128. The molecule has 3 heterocycles. The summed E-state index contributed by atoms with van der Waals surface area (Å²) in [4.78, 5) is 15.6. The van der Waals surface area contributed by atoms with Crippen molar-refractivity contribution >= 4 is 22.5 Å². The Balaban J connectivity index is 1.67. The van der Waals surface area contributed by atoms with Gasteiger partial charge in [0.1, 0.15) is 11.4 Å². The number of hydrogen-bond donors (Lipinski definition) is 3. The van der Waals surface area contributed by atoms with E-state index in [1.807, 2.05) is 0 Å². The first-order valence-corrected chi connectivity index (χ1v) is 9.34. The molecule has 0 aliphatic carbocycles. The Morgan fingerprint density at radius 1 is 1.20 bits per heavy atom. The maximum atomic E-state index is 12.9. The molecule has 2 aromatic heterocycles. The number of amides is 1. The summed E-state index contributed by atoms with van der Waals surface area (Å²) in [6, 6.07) is 4.40. The summed E-state index contributed by atoms with van der Waals surface area (Å²) >= 11 is 0. The van der Waals surface area contributed by atoms with Gasteiger partial charge in [-0.25, -0.2) is 0 Å². The van der Waals surface area contributed by atoms with E-state index in [-0.39, 0.29) is 23.1 Å². The molecule has 0 saturated carbocycles. The van der Waals surface area contributed by atoms with Crippen molar-refractivity contribution in [3.8, 4) is 17.0 Å². The number of piperidine rings is 1. The van der Waals surface area contributed by atoms with E-state index in [2.05, 4.69) is 25.8 Å². The average molecular weight is 417 g/mol. The number of alkyl halides is 3. The zero-order valence-electron chi connectivity index (χ0n) is 15.7. The van der Waals surface area contributed by atoms with Crippen LogP contribution in [-0.2, 0) is 11.0 Å². The van der Waals surface area contributed by atoms with E-state index in [4.69, 9.17) is 0 Å². The summed E-state index contributed by atoms with van der Waals surface area (Å²) < 4.78 is 38.7. The number of hydrogen-bond acceptors (Lipinski definition) is 6. The summed E-state index contributed by atoms with van der Waals surface area (Å²) in [6.45, 7) is 1.16. The second-order valence-electron chi connectivity index (χ2n) is 7.14. The summed E-state index contributed by atoms with van der Waals surface area (Å²) in [5, 5.41) is 25.7.